The molecule has 2 aromatic carbocycles. The zero-order valence-electron chi connectivity index (χ0n) is 17.3. The second-order valence-corrected chi connectivity index (χ2v) is 8.60. The van der Waals surface area contributed by atoms with Crippen LogP contribution in [0, 0.1) is 6.92 Å². The first kappa shape index (κ1) is 19.5. The molecule has 0 bridgehead atoms. The number of hydrogen-bond acceptors (Lipinski definition) is 6. The number of thiophene rings is 1. The molecule has 2 aromatic heterocycles. The standard InChI is InChI=1S/C24H23N5OS/c1-16-8-10-17(11-9-16)19-14-31-24-22(19)23(25-15-26-24)28-27-21(30)13-29-12-4-6-18-5-2-3-7-20(18)29/h2-3,5,7-11,14-15H,4,6,12-13H2,1H3,(H,27,30)(H,25,26,28). The highest BCUT2D eigenvalue weighted by Crippen LogP contribution is 2.36. The molecule has 31 heavy (non-hydrogen) atoms. The molecule has 1 amide bonds. The third kappa shape index (κ3) is 3.96. The molecule has 0 saturated carbocycles. The van der Waals surface area contributed by atoms with E-state index in [1.807, 2.05) is 6.07 Å². The van der Waals surface area contributed by atoms with Crippen LogP contribution >= 0.6 is 11.3 Å². The van der Waals surface area contributed by atoms with Crippen molar-refractivity contribution in [3.05, 3.63) is 71.4 Å². The molecule has 0 atom stereocenters. The summed E-state index contributed by atoms with van der Waals surface area (Å²) in [5, 5.41) is 3.00. The van der Waals surface area contributed by atoms with E-state index in [0.717, 1.165) is 46.4 Å². The number of hydrogen-bond donors (Lipinski definition) is 2. The van der Waals surface area contributed by atoms with Crippen LogP contribution in [-0.2, 0) is 11.2 Å². The van der Waals surface area contributed by atoms with E-state index in [1.165, 1.54) is 17.5 Å². The number of fused-ring (bicyclic) bond motifs is 2. The van der Waals surface area contributed by atoms with Gasteiger partial charge in [0, 0.05) is 23.2 Å². The fraction of sp³-hybridized carbons (Fsp3) is 0.208. The van der Waals surface area contributed by atoms with E-state index in [9.17, 15) is 4.79 Å². The molecule has 1 aliphatic rings. The molecule has 0 aliphatic carbocycles. The van der Waals surface area contributed by atoms with Crippen molar-refractivity contribution in [3.8, 4) is 11.1 Å². The predicted octanol–water partition coefficient (Wildman–Crippen LogP) is 4.56. The summed E-state index contributed by atoms with van der Waals surface area (Å²) >= 11 is 1.57. The van der Waals surface area contributed by atoms with Crippen LogP contribution in [0.4, 0.5) is 11.5 Å². The molecule has 0 radical (unpaired) electrons. The van der Waals surface area contributed by atoms with Gasteiger partial charge in [0.1, 0.15) is 11.2 Å². The van der Waals surface area contributed by atoms with Gasteiger partial charge in [0.25, 0.3) is 5.91 Å². The predicted molar refractivity (Wildman–Crippen MR) is 126 cm³/mol. The summed E-state index contributed by atoms with van der Waals surface area (Å²) in [5.41, 5.74) is 11.7. The third-order valence-corrected chi connectivity index (χ3v) is 6.48. The molecule has 2 N–H and O–H groups in total. The van der Waals surface area contributed by atoms with E-state index in [1.54, 1.807) is 11.3 Å². The van der Waals surface area contributed by atoms with Crippen molar-refractivity contribution in [2.75, 3.05) is 23.4 Å². The summed E-state index contributed by atoms with van der Waals surface area (Å²) in [4.78, 5) is 24.5. The topological polar surface area (TPSA) is 70.1 Å². The first-order valence-corrected chi connectivity index (χ1v) is 11.2. The van der Waals surface area contributed by atoms with Gasteiger partial charge in [0.15, 0.2) is 5.82 Å². The molecular weight excluding hydrogens is 406 g/mol. The van der Waals surface area contributed by atoms with E-state index >= 15 is 0 Å². The van der Waals surface area contributed by atoms with Gasteiger partial charge in [0.2, 0.25) is 0 Å². The summed E-state index contributed by atoms with van der Waals surface area (Å²) in [5.74, 6) is 0.504. The Morgan fingerprint density at radius 2 is 1.97 bits per heavy atom. The van der Waals surface area contributed by atoms with Crippen molar-refractivity contribution >= 4 is 39.0 Å². The zero-order valence-corrected chi connectivity index (χ0v) is 18.1. The highest BCUT2D eigenvalue weighted by Gasteiger charge is 2.19. The number of amides is 1. The molecule has 1 aliphatic heterocycles. The molecule has 5 rings (SSSR count). The summed E-state index contributed by atoms with van der Waals surface area (Å²) in [6.07, 6.45) is 3.64. The maximum Gasteiger partial charge on any atom is 0.257 e. The minimum atomic E-state index is -0.101. The number of para-hydroxylation sites is 1. The number of carbonyl (C=O) groups excluding carboxylic acids is 1. The van der Waals surface area contributed by atoms with E-state index in [-0.39, 0.29) is 5.91 Å². The van der Waals surface area contributed by atoms with Gasteiger partial charge in [-0.2, -0.15) is 0 Å². The maximum absolute atomic E-state index is 12.7. The van der Waals surface area contributed by atoms with Crippen LogP contribution in [0.3, 0.4) is 0 Å². The number of anilines is 2. The lowest BCUT2D eigenvalue weighted by atomic mass is 10.0. The average Bonchev–Trinajstić information content (AvgIpc) is 3.23. The fourth-order valence-electron chi connectivity index (χ4n) is 4.03. The maximum atomic E-state index is 12.7. The zero-order chi connectivity index (χ0) is 21.2. The number of aromatic nitrogens is 2. The fourth-order valence-corrected chi connectivity index (χ4v) is 4.95. The number of rotatable bonds is 5. The van der Waals surface area contributed by atoms with E-state index in [4.69, 9.17) is 0 Å². The second kappa shape index (κ2) is 8.35. The first-order chi connectivity index (χ1) is 15.2. The number of benzene rings is 2. The highest BCUT2D eigenvalue weighted by atomic mass is 32.1. The van der Waals surface area contributed by atoms with Gasteiger partial charge in [-0.25, -0.2) is 9.97 Å². The Bertz CT molecular complexity index is 1230. The Labute approximate surface area is 184 Å². The van der Waals surface area contributed by atoms with Crippen LogP contribution in [0.15, 0.2) is 60.2 Å². The molecule has 0 spiro atoms. The molecular formula is C24H23N5OS. The summed E-state index contributed by atoms with van der Waals surface area (Å²) in [6, 6.07) is 16.7. The van der Waals surface area contributed by atoms with Crippen molar-refractivity contribution in [1.82, 2.24) is 15.4 Å². The summed E-state index contributed by atoms with van der Waals surface area (Å²) < 4.78 is 0. The van der Waals surface area contributed by atoms with Crippen LogP contribution < -0.4 is 15.8 Å². The number of nitrogens with zero attached hydrogens (tertiary/aromatic N) is 3. The lowest BCUT2D eigenvalue weighted by molar-refractivity contribution is -0.119. The van der Waals surface area contributed by atoms with E-state index < -0.39 is 0 Å². The number of nitrogens with one attached hydrogen (secondary N) is 2. The molecule has 7 heteroatoms. The largest absolute Gasteiger partial charge is 0.362 e. The van der Waals surface area contributed by atoms with Gasteiger partial charge in [0.05, 0.1) is 11.9 Å². The van der Waals surface area contributed by atoms with Crippen LogP contribution in [0.2, 0.25) is 0 Å². The van der Waals surface area contributed by atoms with E-state index in [2.05, 4.69) is 80.5 Å². The Morgan fingerprint density at radius 1 is 1.13 bits per heavy atom. The van der Waals surface area contributed by atoms with Gasteiger partial charge in [-0.15, -0.1) is 11.3 Å². The van der Waals surface area contributed by atoms with Gasteiger partial charge < -0.3 is 4.90 Å². The summed E-state index contributed by atoms with van der Waals surface area (Å²) in [7, 11) is 0. The van der Waals surface area contributed by atoms with Crippen molar-refractivity contribution in [1.29, 1.82) is 0 Å². The van der Waals surface area contributed by atoms with Crippen molar-refractivity contribution in [3.63, 3.8) is 0 Å². The minimum Gasteiger partial charge on any atom is -0.362 e. The van der Waals surface area contributed by atoms with Crippen molar-refractivity contribution in [2.45, 2.75) is 19.8 Å². The van der Waals surface area contributed by atoms with Gasteiger partial charge in [-0.05, 0) is 37.0 Å². The Balaban J connectivity index is 1.34. The molecule has 0 saturated heterocycles. The van der Waals surface area contributed by atoms with Crippen LogP contribution in [-0.4, -0.2) is 29.0 Å². The highest BCUT2D eigenvalue weighted by molar-refractivity contribution is 7.17. The quantitative estimate of drug-likeness (QED) is 0.455. The SMILES string of the molecule is Cc1ccc(-c2csc3ncnc(NNC(=O)CN4CCCc5ccccc54)c23)cc1. The number of carbonyl (C=O) groups is 1. The average molecular weight is 430 g/mol. The van der Waals surface area contributed by atoms with Gasteiger partial charge in [-0.3, -0.25) is 15.6 Å². The first-order valence-electron chi connectivity index (χ1n) is 10.4. The van der Waals surface area contributed by atoms with Crippen LogP contribution in [0.25, 0.3) is 21.3 Å². The van der Waals surface area contributed by atoms with E-state index in [0.29, 0.717) is 12.4 Å². The number of hydrazine groups is 1. The molecule has 4 aromatic rings. The Kier molecular flexibility index (Phi) is 5.26. The molecule has 0 unspecified atom stereocenters. The Morgan fingerprint density at radius 3 is 2.84 bits per heavy atom. The lowest BCUT2D eigenvalue weighted by Gasteiger charge is -2.30. The van der Waals surface area contributed by atoms with Crippen molar-refractivity contribution < 1.29 is 4.79 Å². The van der Waals surface area contributed by atoms with Crippen molar-refractivity contribution in [2.24, 2.45) is 0 Å². The summed E-state index contributed by atoms with van der Waals surface area (Å²) in [6.45, 7) is 3.25. The normalized spacial score (nSPS) is 13.1. The smallest absolute Gasteiger partial charge is 0.257 e. The molecule has 3 heterocycles. The molecule has 156 valence electrons. The van der Waals surface area contributed by atoms with Gasteiger partial charge in [-0.1, -0.05) is 48.0 Å². The second-order valence-electron chi connectivity index (χ2n) is 7.74. The molecule has 6 nitrogen and oxygen atoms in total. The lowest BCUT2D eigenvalue weighted by Crippen LogP contribution is -2.41. The third-order valence-electron chi connectivity index (χ3n) is 5.59. The molecule has 0 fully saturated rings. The Hall–Kier alpha value is -3.45. The van der Waals surface area contributed by atoms with Gasteiger partial charge >= 0.3 is 0 Å². The monoisotopic (exact) mass is 429 g/mol. The van der Waals surface area contributed by atoms with Crippen LogP contribution in [0.5, 0.6) is 0 Å². The van der Waals surface area contributed by atoms with Crippen LogP contribution in [0.1, 0.15) is 17.5 Å². The minimum absolute atomic E-state index is 0.101. The number of aryl methyl sites for hydroxylation is 2.